The molecule has 0 radical (unpaired) electrons. The normalized spacial score (nSPS) is 32.2. The molecule has 0 aromatic heterocycles. The first-order chi connectivity index (χ1) is 9.15. The molecule has 1 fully saturated rings. The molecule has 0 aromatic rings. The fourth-order valence-electron chi connectivity index (χ4n) is 3.93. The average Bonchev–Trinajstić information content (AvgIpc) is 3.17. The van der Waals surface area contributed by atoms with E-state index < -0.39 is 0 Å². The van der Waals surface area contributed by atoms with Gasteiger partial charge in [0.1, 0.15) is 6.79 Å². The highest BCUT2D eigenvalue weighted by Crippen LogP contribution is 2.63. The van der Waals surface area contributed by atoms with Gasteiger partial charge in [-0.05, 0) is 42.6 Å². The molecule has 1 heterocycles. The zero-order valence-corrected chi connectivity index (χ0v) is 11.4. The number of ketones is 1. The molecule has 3 heteroatoms. The number of hydrogen-bond donors (Lipinski definition) is 0. The van der Waals surface area contributed by atoms with Crippen LogP contribution in [0.3, 0.4) is 0 Å². The SMILES string of the molecule is CC1=C2C(=CC3=C2COCOC3)C(=O)[C@@H](C)C12CC2. The zero-order valence-electron chi connectivity index (χ0n) is 11.4. The van der Waals surface area contributed by atoms with Crippen molar-refractivity contribution in [1.82, 2.24) is 0 Å². The van der Waals surface area contributed by atoms with Gasteiger partial charge in [0.05, 0.1) is 13.2 Å². The Morgan fingerprint density at radius 3 is 2.74 bits per heavy atom. The van der Waals surface area contributed by atoms with Crippen LogP contribution in [0.5, 0.6) is 0 Å². The second kappa shape index (κ2) is 3.68. The molecule has 0 amide bonds. The standard InChI is InChI=1S/C16H18O3/c1-9-14-12(15(17)10(2)16(9)3-4-16)5-11-6-18-8-19-7-13(11)14/h5,10H,3-4,6-8H2,1-2H3/t10-/m1/s1. The number of carbonyl (C=O) groups excluding carboxylic acids is 1. The van der Waals surface area contributed by atoms with Crippen LogP contribution in [0.1, 0.15) is 26.7 Å². The van der Waals surface area contributed by atoms with E-state index in [2.05, 4.69) is 13.8 Å². The number of allylic oxidation sites excluding steroid dienone is 2. The van der Waals surface area contributed by atoms with Crippen LogP contribution in [0.15, 0.2) is 33.9 Å². The minimum atomic E-state index is 0.132. The molecule has 0 aromatic carbocycles. The van der Waals surface area contributed by atoms with Crippen molar-refractivity contribution in [1.29, 1.82) is 0 Å². The van der Waals surface area contributed by atoms with Crippen LogP contribution >= 0.6 is 0 Å². The van der Waals surface area contributed by atoms with E-state index >= 15 is 0 Å². The van der Waals surface area contributed by atoms with Gasteiger partial charge in [-0.15, -0.1) is 0 Å². The van der Waals surface area contributed by atoms with E-state index in [-0.39, 0.29) is 11.3 Å². The lowest BCUT2D eigenvalue weighted by Gasteiger charge is -2.32. The van der Waals surface area contributed by atoms with E-state index in [0.29, 0.717) is 25.8 Å². The van der Waals surface area contributed by atoms with Gasteiger partial charge in [0.25, 0.3) is 0 Å². The van der Waals surface area contributed by atoms with Crippen LogP contribution in [-0.4, -0.2) is 25.8 Å². The van der Waals surface area contributed by atoms with Crippen LogP contribution in [0, 0.1) is 11.3 Å². The first kappa shape index (κ1) is 11.6. The molecule has 0 N–H and O–H groups in total. The monoisotopic (exact) mass is 258 g/mol. The highest BCUT2D eigenvalue weighted by molar-refractivity contribution is 6.07. The summed E-state index contributed by atoms with van der Waals surface area (Å²) in [7, 11) is 0. The Balaban J connectivity index is 1.90. The fraction of sp³-hybridized carbons (Fsp3) is 0.562. The molecule has 1 aliphatic heterocycles. The van der Waals surface area contributed by atoms with Gasteiger partial charge >= 0.3 is 0 Å². The third kappa shape index (κ3) is 1.37. The van der Waals surface area contributed by atoms with Gasteiger partial charge in [0.15, 0.2) is 5.78 Å². The van der Waals surface area contributed by atoms with Crippen molar-refractivity contribution in [3.05, 3.63) is 33.9 Å². The highest BCUT2D eigenvalue weighted by Gasteiger charge is 2.56. The van der Waals surface area contributed by atoms with Crippen LogP contribution in [-0.2, 0) is 14.3 Å². The molecule has 1 atom stereocenters. The number of hydrogen-bond acceptors (Lipinski definition) is 3. The molecule has 0 saturated heterocycles. The number of carbonyl (C=O) groups is 1. The van der Waals surface area contributed by atoms with Crippen LogP contribution < -0.4 is 0 Å². The number of Topliss-reactive ketones (excluding diaryl/α,β-unsaturated/α-hetero) is 1. The maximum Gasteiger partial charge on any atom is 0.167 e. The van der Waals surface area contributed by atoms with E-state index in [1.807, 2.05) is 6.08 Å². The van der Waals surface area contributed by atoms with E-state index in [9.17, 15) is 4.79 Å². The molecule has 0 bridgehead atoms. The third-order valence-electron chi connectivity index (χ3n) is 5.35. The predicted molar refractivity (Wildman–Crippen MR) is 70.4 cm³/mol. The number of ether oxygens (including phenoxy) is 2. The fourth-order valence-corrected chi connectivity index (χ4v) is 3.93. The maximum atomic E-state index is 12.6. The largest absolute Gasteiger partial charge is 0.351 e. The molecule has 1 spiro atoms. The van der Waals surface area contributed by atoms with E-state index in [1.54, 1.807) is 0 Å². The van der Waals surface area contributed by atoms with Gasteiger partial charge in [-0.3, -0.25) is 4.79 Å². The first-order valence-corrected chi connectivity index (χ1v) is 7.01. The summed E-state index contributed by atoms with van der Waals surface area (Å²) in [5.41, 5.74) is 5.97. The minimum absolute atomic E-state index is 0.132. The topological polar surface area (TPSA) is 35.5 Å². The van der Waals surface area contributed by atoms with Crippen LogP contribution in [0.25, 0.3) is 0 Å². The Hall–Kier alpha value is -1.19. The van der Waals surface area contributed by atoms with Crippen molar-refractivity contribution in [2.75, 3.05) is 20.0 Å². The van der Waals surface area contributed by atoms with Crippen LogP contribution in [0.2, 0.25) is 0 Å². The van der Waals surface area contributed by atoms with Crippen molar-refractivity contribution < 1.29 is 14.3 Å². The molecular weight excluding hydrogens is 240 g/mol. The lowest BCUT2D eigenvalue weighted by Crippen LogP contribution is -2.31. The summed E-state index contributed by atoms with van der Waals surface area (Å²) in [6.45, 7) is 5.77. The van der Waals surface area contributed by atoms with Gasteiger partial charge in [-0.1, -0.05) is 12.5 Å². The molecule has 1 saturated carbocycles. The summed E-state index contributed by atoms with van der Waals surface area (Å²) < 4.78 is 10.9. The molecular formula is C16H18O3. The van der Waals surface area contributed by atoms with E-state index in [4.69, 9.17) is 9.47 Å². The van der Waals surface area contributed by atoms with Crippen molar-refractivity contribution >= 4 is 5.78 Å². The third-order valence-corrected chi connectivity index (χ3v) is 5.35. The first-order valence-electron chi connectivity index (χ1n) is 7.01. The molecule has 3 aliphatic carbocycles. The number of rotatable bonds is 0. The second-order valence-electron chi connectivity index (χ2n) is 6.12. The molecule has 100 valence electrons. The maximum absolute atomic E-state index is 12.6. The summed E-state index contributed by atoms with van der Waals surface area (Å²) >= 11 is 0. The molecule has 19 heavy (non-hydrogen) atoms. The lowest BCUT2D eigenvalue weighted by molar-refractivity contribution is -0.120. The van der Waals surface area contributed by atoms with Gasteiger partial charge in [-0.25, -0.2) is 0 Å². The van der Waals surface area contributed by atoms with E-state index in [0.717, 1.165) is 24.0 Å². The Morgan fingerprint density at radius 2 is 2.00 bits per heavy atom. The molecule has 4 rings (SSSR count). The number of fused-ring (bicyclic) bond motifs is 2. The Morgan fingerprint density at radius 1 is 1.26 bits per heavy atom. The molecule has 0 unspecified atom stereocenters. The van der Waals surface area contributed by atoms with Gasteiger partial charge in [0.2, 0.25) is 0 Å². The zero-order chi connectivity index (χ0) is 13.2. The average molecular weight is 258 g/mol. The summed E-state index contributed by atoms with van der Waals surface area (Å²) in [6.07, 6.45) is 4.35. The molecule has 4 aliphatic rings. The Kier molecular flexibility index (Phi) is 2.25. The summed E-state index contributed by atoms with van der Waals surface area (Å²) in [4.78, 5) is 12.6. The molecule has 3 nitrogen and oxygen atoms in total. The van der Waals surface area contributed by atoms with E-state index in [1.165, 1.54) is 16.7 Å². The lowest BCUT2D eigenvalue weighted by atomic mass is 9.70. The Bertz CT molecular complexity index is 573. The van der Waals surface area contributed by atoms with Gasteiger partial charge < -0.3 is 9.47 Å². The van der Waals surface area contributed by atoms with Crippen molar-refractivity contribution in [2.45, 2.75) is 26.7 Å². The summed E-state index contributed by atoms with van der Waals surface area (Å²) in [6, 6.07) is 0. The van der Waals surface area contributed by atoms with Crippen molar-refractivity contribution in [2.24, 2.45) is 11.3 Å². The predicted octanol–water partition coefficient (Wildman–Crippen LogP) is 2.54. The van der Waals surface area contributed by atoms with Crippen molar-refractivity contribution in [3.8, 4) is 0 Å². The smallest absolute Gasteiger partial charge is 0.167 e. The van der Waals surface area contributed by atoms with Crippen molar-refractivity contribution in [3.63, 3.8) is 0 Å². The quantitative estimate of drug-likeness (QED) is 0.670. The summed E-state index contributed by atoms with van der Waals surface area (Å²) in [5, 5.41) is 0. The highest BCUT2D eigenvalue weighted by atomic mass is 16.7. The Labute approximate surface area is 113 Å². The van der Waals surface area contributed by atoms with Gasteiger partial charge in [-0.2, -0.15) is 0 Å². The second-order valence-corrected chi connectivity index (χ2v) is 6.12. The van der Waals surface area contributed by atoms with Gasteiger partial charge in [0, 0.05) is 16.9 Å². The summed E-state index contributed by atoms with van der Waals surface area (Å²) in [5.74, 6) is 0.444. The minimum Gasteiger partial charge on any atom is -0.351 e. The van der Waals surface area contributed by atoms with Crippen LogP contribution in [0.4, 0.5) is 0 Å².